The topological polar surface area (TPSA) is 81.7 Å². The summed E-state index contributed by atoms with van der Waals surface area (Å²) >= 11 is 0. The van der Waals surface area contributed by atoms with Gasteiger partial charge in [-0.2, -0.15) is 0 Å². The van der Waals surface area contributed by atoms with Gasteiger partial charge in [0.1, 0.15) is 5.58 Å². The first kappa shape index (κ1) is 15.0. The van der Waals surface area contributed by atoms with Crippen LogP contribution in [0.15, 0.2) is 68.4 Å². The number of para-hydroxylation sites is 1. The second kappa shape index (κ2) is 5.83. The fraction of sp³-hybridized carbons (Fsp3) is 0.0526. The molecular formula is C19H13NO5. The average molecular weight is 335 g/mol. The van der Waals surface area contributed by atoms with Crippen LogP contribution >= 0.6 is 0 Å². The van der Waals surface area contributed by atoms with E-state index in [1.807, 2.05) is 0 Å². The summed E-state index contributed by atoms with van der Waals surface area (Å²) in [6, 6.07) is 13.2. The molecule has 0 fully saturated rings. The standard InChI is InChI=1S/C19H13NO5/c1-23-14-5-2-4-13-17(21)12-8-7-11(10-16(12)25-18(13)14)20-19(22)15-6-3-9-24-15/h2-10H,1H3,(H,20,22). The van der Waals surface area contributed by atoms with Crippen LogP contribution < -0.4 is 15.5 Å². The van der Waals surface area contributed by atoms with Crippen molar-refractivity contribution >= 4 is 33.5 Å². The molecule has 4 aromatic rings. The fourth-order valence-electron chi connectivity index (χ4n) is 2.69. The van der Waals surface area contributed by atoms with Crippen LogP contribution in [0.3, 0.4) is 0 Å². The van der Waals surface area contributed by atoms with Crippen molar-refractivity contribution in [1.82, 2.24) is 0 Å². The van der Waals surface area contributed by atoms with E-state index in [0.717, 1.165) is 0 Å². The number of anilines is 1. The summed E-state index contributed by atoms with van der Waals surface area (Å²) in [5.41, 5.74) is 1.07. The molecule has 0 aliphatic carbocycles. The van der Waals surface area contributed by atoms with Gasteiger partial charge in [0.15, 0.2) is 17.1 Å². The van der Waals surface area contributed by atoms with E-state index in [9.17, 15) is 9.59 Å². The highest BCUT2D eigenvalue weighted by Gasteiger charge is 2.13. The van der Waals surface area contributed by atoms with Gasteiger partial charge in [0.2, 0.25) is 5.43 Å². The van der Waals surface area contributed by atoms with Crippen molar-refractivity contribution in [2.45, 2.75) is 0 Å². The largest absolute Gasteiger partial charge is 0.493 e. The Hall–Kier alpha value is -3.54. The van der Waals surface area contributed by atoms with Crippen LogP contribution in [0.4, 0.5) is 5.69 Å². The number of furan rings is 1. The van der Waals surface area contributed by atoms with Crippen LogP contribution in [-0.4, -0.2) is 13.0 Å². The number of carbonyl (C=O) groups is 1. The summed E-state index contributed by atoms with van der Waals surface area (Å²) in [4.78, 5) is 24.7. The Morgan fingerprint density at radius 3 is 2.72 bits per heavy atom. The maximum Gasteiger partial charge on any atom is 0.291 e. The molecule has 2 heterocycles. The van der Waals surface area contributed by atoms with Crippen molar-refractivity contribution in [3.05, 3.63) is 70.8 Å². The van der Waals surface area contributed by atoms with Crippen molar-refractivity contribution in [3.63, 3.8) is 0 Å². The molecule has 1 N–H and O–H groups in total. The van der Waals surface area contributed by atoms with Crippen LogP contribution in [0.5, 0.6) is 5.75 Å². The van der Waals surface area contributed by atoms with E-state index in [1.54, 1.807) is 48.5 Å². The minimum Gasteiger partial charge on any atom is -0.493 e. The number of fused-ring (bicyclic) bond motifs is 2. The summed E-state index contributed by atoms with van der Waals surface area (Å²) < 4.78 is 16.2. The Labute approximate surface area is 141 Å². The molecule has 0 bridgehead atoms. The molecule has 124 valence electrons. The fourth-order valence-corrected chi connectivity index (χ4v) is 2.69. The van der Waals surface area contributed by atoms with Gasteiger partial charge in [-0.15, -0.1) is 0 Å². The zero-order valence-corrected chi connectivity index (χ0v) is 13.2. The molecule has 6 heteroatoms. The third kappa shape index (κ3) is 2.53. The minimum absolute atomic E-state index is 0.154. The Morgan fingerprint density at radius 2 is 1.96 bits per heavy atom. The molecule has 0 atom stereocenters. The first-order valence-electron chi connectivity index (χ1n) is 7.56. The van der Waals surface area contributed by atoms with Gasteiger partial charge in [-0.3, -0.25) is 9.59 Å². The first-order chi connectivity index (χ1) is 12.2. The second-order valence-electron chi connectivity index (χ2n) is 5.41. The molecule has 0 saturated carbocycles. The van der Waals surface area contributed by atoms with E-state index in [1.165, 1.54) is 13.4 Å². The average Bonchev–Trinajstić information content (AvgIpc) is 3.16. The number of ether oxygens (including phenoxy) is 1. The highest BCUT2D eigenvalue weighted by molar-refractivity contribution is 6.03. The van der Waals surface area contributed by atoms with E-state index in [0.29, 0.717) is 33.4 Å². The van der Waals surface area contributed by atoms with Gasteiger partial charge >= 0.3 is 0 Å². The number of rotatable bonds is 3. The molecule has 6 nitrogen and oxygen atoms in total. The lowest BCUT2D eigenvalue weighted by Crippen LogP contribution is -2.11. The van der Waals surface area contributed by atoms with Crippen LogP contribution in [0.2, 0.25) is 0 Å². The molecule has 0 saturated heterocycles. The first-order valence-corrected chi connectivity index (χ1v) is 7.56. The number of benzene rings is 2. The molecular weight excluding hydrogens is 322 g/mol. The lowest BCUT2D eigenvalue weighted by atomic mass is 10.1. The molecule has 25 heavy (non-hydrogen) atoms. The molecule has 4 rings (SSSR count). The van der Waals surface area contributed by atoms with E-state index >= 15 is 0 Å². The number of hydrogen-bond acceptors (Lipinski definition) is 5. The lowest BCUT2D eigenvalue weighted by Gasteiger charge is -2.07. The Kier molecular flexibility index (Phi) is 3.50. The lowest BCUT2D eigenvalue weighted by molar-refractivity contribution is 0.0996. The van der Waals surface area contributed by atoms with E-state index in [-0.39, 0.29) is 17.1 Å². The van der Waals surface area contributed by atoms with Crippen LogP contribution in [0.25, 0.3) is 21.9 Å². The van der Waals surface area contributed by atoms with Crippen LogP contribution in [0.1, 0.15) is 10.6 Å². The minimum atomic E-state index is -0.384. The summed E-state index contributed by atoms with van der Waals surface area (Å²) in [5, 5.41) is 3.58. The molecule has 0 radical (unpaired) electrons. The summed E-state index contributed by atoms with van der Waals surface area (Å²) in [5.74, 6) is 0.285. The van der Waals surface area contributed by atoms with Crippen molar-refractivity contribution in [1.29, 1.82) is 0 Å². The molecule has 1 amide bonds. The highest BCUT2D eigenvalue weighted by atomic mass is 16.5. The molecule has 2 aromatic carbocycles. The predicted octanol–water partition coefficient (Wildman–Crippen LogP) is 3.80. The third-order valence-electron chi connectivity index (χ3n) is 3.88. The van der Waals surface area contributed by atoms with Gasteiger partial charge in [-0.05, 0) is 36.4 Å². The molecule has 2 aromatic heterocycles. The quantitative estimate of drug-likeness (QED) is 0.576. The number of carbonyl (C=O) groups excluding carboxylic acids is 1. The van der Waals surface area contributed by atoms with E-state index in [4.69, 9.17) is 13.6 Å². The monoisotopic (exact) mass is 335 g/mol. The smallest absolute Gasteiger partial charge is 0.291 e. The van der Waals surface area contributed by atoms with Gasteiger partial charge in [0.05, 0.1) is 24.1 Å². The van der Waals surface area contributed by atoms with Crippen molar-refractivity contribution < 1.29 is 18.4 Å². The Balaban J connectivity index is 1.83. The summed E-state index contributed by atoms with van der Waals surface area (Å²) in [7, 11) is 1.51. The van der Waals surface area contributed by atoms with Crippen LogP contribution in [-0.2, 0) is 0 Å². The van der Waals surface area contributed by atoms with Crippen molar-refractivity contribution in [2.24, 2.45) is 0 Å². The third-order valence-corrected chi connectivity index (χ3v) is 3.88. The Bertz CT molecular complexity index is 1140. The number of methoxy groups -OCH3 is 1. The normalized spacial score (nSPS) is 10.9. The predicted molar refractivity (Wildman–Crippen MR) is 93.2 cm³/mol. The maximum atomic E-state index is 12.7. The molecule has 0 unspecified atom stereocenters. The summed E-state index contributed by atoms with van der Waals surface area (Å²) in [6.07, 6.45) is 1.42. The van der Waals surface area contributed by atoms with Gasteiger partial charge < -0.3 is 18.9 Å². The number of nitrogens with one attached hydrogen (secondary N) is 1. The Morgan fingerprint density at radius 1 is 1.08 bits per heavy atom. The highest BCUT2D eigenvalue weighted by Crippen LogP contribution is 2.28. The molecule has 0 aliphatic rings. The van der Waals surface area contributed by atoms with E-state index < -0.39 is 0 Å². The zero-order chi connectivity index (χ0) is 17.4. The number of hydrogen-bond donors (Lipinski definition) is 1. The van der Waals surface area contributed by atoms with Gasteiger partial charge in [0.25, 0.3) is 5.91 Å². The SMILES string of the molecule is COc1cccc2c(=O)c3ccc(NC(=O)c4ccco4)cc3oc12. The molecule has 0 spiro atoms. The van der Waals surface area contributed by atoms with Gasteiger partial charge in [-0.1, -0.05) is 6.07 Å². The van der Waals surface area contributed by atoms with Gasteiger partial charge in [-0.25, -0.2) is 0 Å². The summed E-state index contributed by atoms with van der Waals surface area (Å²) in [6.45, 7) is 0. The second-order valence-corrected chi connectivity index (χ2v) is 5.41. The van der Waals surface area contributed by atoms with Crippen LogP contribution in [0, 0.1) is 0 Å². The zero-order valence-electron chi connectivity index (χ0n) is 13.2. The van der Waals surface area contributed by atoms with Crippen molar-refractivity contribution in [2.75, 3.05) is 12.4 Å². The number of amides is 1. The maximum absolute atomic E-state index is 12.7. The molecule has 0 aliphatic heterocycles. The van der Waals surface area contributed by atoms with E-state index in [2.05, 4.69) is 5.32 Å². The van der Waals surface area contributed by atoms with Crippen molar-refractivity contribution in [3.8, 4) is 5.75 Å². The van der Waals surface area contributed by atoms with Gasteiger partial charge in [0, 0.05) is 11.8 Å².